The minimum Gasteiger partial charge on any atom is -0.497 e. The molecule has 0 saturated heterocycles. The first kappa shape index (κ1) is 37.3. The lowest BCUT2D eigenvalue weighted by Gasteiger charge is -2.31. The molecule has 12 heteroatoms. The molecule has 0 heterocycles. The Morgan fingerprint density at radius 1 is 0.872 bits per heavy atom. The van der Waals surface area contributed by atoms with Gasteiger partial charge in [0.1, 0.15) is 17.5 Å². The van der Waals surface area contributed by atoms with Crippen molar-refractivity contribution in [3.63, 3.8) is 0 Å². The number of rotatable bonds is 18. The van der Waals surface area contributed by atoms with Crippen LogP contribution in [0.25, 0.3) is 11.1 Å². The monoisotopic (exact) mass is 669 g/mol. The highest BCUT2D eigenvalue weighted by Gasteiger charge is 2.31. The van der Waals surface area contributed by atoms with E-state index in [0.717, 1.165) is 22.4 Å². The summed E-state index contributed by atoms with van der Waals surface area (Å²) in [5.41, 5.74) is 2.73. The smallest absolute Gasteiger partial charge is 0.407 e. The Kier molecular flexibility index (Phi) is 14.5. The van der Waals surface area contributed by atoms with Crippen molar-refractivity contribution in [1.29, 1.82) is 0 Å². The number of alkyl carbamates (subject to hydrolysis) is 1. The van der Waals surface area contributed by atoms with Gasteiger partial charge in [-0.1, -0.05) is 56.7 Å². The van der Waals surface area contributed by atoms with Crippen LogP contribution in [0.4, 0.5) is 4.79 Å². The first-order valence-electron chi connectivity index (χ1n) is 15.6. The fraction of sp³-hybridized carbons (Fsp3) is 0.429. The molecule has 0 spiro atoms. The average Bonchev–Trinajstić information content (AvgIpc) is 3.08. The third-order valence-corrected chi connectivity index (χ3v) is 9.66. The molecule has 0 aromatic heterocycles. The number of nitrogens with one attached hydrogen (secondary N) is 2. The Morgan fingerprint density at radius 3 is 2.06 bits per heavy atom. The van der Waals surface area contributed by atoms with Gasteiger partial charge in [0.15, 0.2) is 0 Å². The number of aliphatic hydroxyl groups is 1. The molecule has 11 nitrogen and oxygen atoms in total. The number of unbranched alkanes of at least 4 members (excludes halogenated alkanes) is 1. The summed E-state index contributed by atoms with van der Waals surface area (Å²) in [4.78, 5) is 25.6. The molecule has 0 aliphatic rings. The lowest BCUT2D eigenvalue weighted by molar-refractivity contribution is -0.123. The van der Waals surface area contributed by atoms with Crippen molar-refractivity contribution in [3.05, 3.63) is 78.4 Å². The van der Waals surface area contributed by atoms with Crippen molar-refractivity contribution < 1.29 is 37.3 Å². The van der Waals surface area contributed by atoms with Crippen LogP contribution in [0, 0.1) is 5.92 Å². The molecular formula is C35H47N3O8S. The molecule has 3 rings (SSSR count). The predicted molar refractivity (Wildman–Crippen MR) is 181 cm³/mol. The van der Waals surface area contributed by atoms with Crippen molar-refractivity contribution in [2.24, 2.45) is 5.92 Å². The van der Waals surface area contributed by atoms with Crippen LogP contribution in [-0.4, -0.2) is 82.9 Å². The number of carbonyl (C=O) groups excluding carboxylic acids is 2. The maximum atomic E-state index is 13.6. The SMILES string of the molecule is COC(=O)NC(Cc1ccccc1-c1ccc(OC)cc1)C(=O)NCCCCC(CO)N(CC(C)C)S(=O)(=O)c1ccc(OC)cc1. The second-order valence-corrected chi connectivity index (χ2v) is 13.4. The Morgan fingerprint density at radius 2 is 1.49 bits per heavy atom. The van der Waals surface area contributed by atoms with Gasteiger partial charge in [0.25, 0.3) is 0 Å². The fourth-order valence-electron chi connectivity index (χ4n) is 5.23. The van der Waals surface area contributed by atoms with Gasteiger partial charge in [-0.05, 0) is 71.8 Å². The first-order valence-corrected chi connectivity index (χ1v) is 17.1. The van der Waals surface area contributed by atoms with Gasteiger partial charge in [0, 0.05) is 25.6 Å². The second kappa shape index (κ2) is 18.3. The number of amides is 2. The summed E-state index contributed by atoms with van der Waals surface area (Å²) in [7, 11) is 0.474. The topological polar surface area (TPSA) is 143 Å². The minimum atomic E-state index is -3.88. The van der Waals surface area contributed by atoms with E-state index in [4.69, 9.17) is 14.2 Å². The molecule has 0 saturated carbocycles. The van der Waals surface area contributed by atoms with Crippen LogP contribution in [0.15, 0.2) is 77.7 Å². The van der Waals surface area contributed by atoms with Gasteiger partial charge in [0.05, 0.1) is 32.8 Å². The van der Waals surface area contributed by atoms with Crippen molar-refractivity contribution in [2.45, 2.75) is 56.5 Å². The number of hydrogen-bond acceptors (Lipinski definition) is 8. The lowest BCUT2D eigenvalue weighted by atomic mass is 9.94. The zero-order valence-corrected chi connectivity index (χ0v) is 28.6. The first-order chi connectivity index (χ1) is 22.5. The highest BCUT2D eigenvalue weighted by atomic mass is 32.2. The molecule has 2 unspecified atom stereocenters. The second-order valence-electron chi connectivity index (χ2n) is 11.5. The molecule has 3 aromatic carbocycles. The minimum absolute atomic E-state index is 0.0328. The third-order valence-electron chi connectivity index (χ3n) is 7.73. The number of benzene rings is 3. The summed E-state index contributed by atoms with van der Waals surface area (Å²) in [5.74, 6) is 0.936. The van der Waals surface area contributed by atoms with Crippen LogP contribution in [0.2, 0.25) is 0 Å². The van der Waals surface area contributed by atoms with E-state index in [-0.39, 0.29) is 36.3 Å². The summed E-state index contributed by atoms with van der Waals surface area (Å²) in [6, 6.07) is 19.9. The van der Waals surface area contributed by atoms with Crippen LogP contribution < -0.4 is 20.1 Å². The largest absolute Gasteiger partial charge is 0.497 e. The molecule has 47 heavy (non-hydrogen) atoms. The van der Waals surface area contributed by atoms with Gasteiger partial charge >= 0.3 is 6.09 Å². The van der Waals surface area contributed by atoms with E-state index in [1.807, 2.05) is 62.4 Å². The van der Waals surface area contributed by atoms with Crippen LogP contribution >= 0.6 is 0 Å². The van der Waals surface area contributed by atoms with Crippen LogP contribution in [-0.2, 0) is 26.0 Å². The van der Waals surface area contributed by atoms with Crippen molar-refractivity contribution >= 4 is 22.0 Å². The zero-order chi connectivity index (χ0) is 34.4. The average molecular weight is 670 g/mol. The number of sulfonamides is 1. The highest BCUT2D eigenvalue weighted by Crippen LogP contribution is 2.27. The molecule has 2 atom stereocenters. The van der Waals surface area contributed by atoms with Gasteiger partial charge in [-0.3, -0.25) is 4.79 Å². The van der Waals surface area contributed by atoms with Gasteiger partial charge in [-0.25, -0.2) is 13.2 Å². The molecule has 3 N–H and O–H groups in total. The molecule has 2 amide bonds. The number of hydrogen-bond donors (Lipinski definition) is 3. The van der Waals surface area contributed by atoms with E-state index >= 15 is 0 Å². The van der Waals surface area contributed by atoms with E-state index in [0.29, 0.717) is 31.6 Å². The molecule has 3 aromatic rings. The Bertz CT molecular complexity index is 1530. The maximum Gasteiger partial charge on any atom is 0.407 e. The number of methoxy groups -OCH3 is 3. The molecular weight excluding hydrogens is 622 g/mol. The summed E-state index contributed by atoms with van der Waals surface area (Å²) in [6.45, 7) is 4.05. The van der Waals surface area contributed by atoms with E-state index in [1.165, 1.54) is 30.7 Å². The normalized spacial score (nSPS) is 12.8. The van der Waals surface area contributed by atoms with Crippen LogP contribution in [0.5, 0.6) is 11.5 Å². The summed E-state index contributed by atoms with van der Waals surface area (Å²) >= 11 is 0. The van der Waals surface area contributed by atoms with Crippen molar-refractivity contribution in [3.8, 4) is 22.6 Å². The van der Waals surface area contributed by atoms with Crippen LogP contribution in [0.1, 0.15) is 38.7 Å². The zero-order valence-electron chi connectivity index (χ0n) is 27.8. The number of ether oxygens (including phenoxy) is 3. The van der Waals surface area contributed by atoms with Crippen molar-refractivity contribution in [2.75, 3.05) is 41.0 Å². The molecule has 0 aliphatic heterocycles. The predicted octanol–water partition coefficient (Wildman–Crippen LogP) is 4.63. The van der Waals surface area contributed by atoms with E-state index in [1.54, 1.807) is 19.2 Å². The molecule has 0 bridgehead atoms. The summed E-state index contributed by atoms with van der Waals surface area (Å²) in [5, 5.41) is 15.8. The lowest BCUT2D eigenvalue weighted by Crippen LogP contribution is -2.48. The van der Waals surface area contributed by atoms with Gasteiger partial charge in [-0.2, -0.15) is 4.31 Å². The van der Waals surface area contributed by atoms with Gasteiger partial charge < -0.3 is 30.0 Å². The van der Waals surface area contributed by atoms with Crippen molar-refractivity contribution in [1.82, 2.24) is 14.9 Å². The molecule has 0 aliphatic carbocycles. The van der Waals surface area contributed by atoms with E-state index in [9.17, 15) is 23.1 Å². The van der Waals surface area contributed by atoms with E-state index < -0.39 is 28.2 Å². The number of aliphatic hydroxyl groups excluding tert-OH is 1. The van der Waals surface area contributed by atoms with Gasteiger partial charge in [0.2, 0.25) is 15.9 Å². The standard InChI is InChI=1S/C35H47N3O8S/c1-25(2)23-38(47(42,43)31-19-17-30(45-4)18-20-31)28(24-39)11-8-9-21-36-34(40)33(37-35(41)46-5)22-27-10-6-7-12-32(27)26-13-15-29(44-3)16-14-26/h6-7,10,12-20,25,28,33,39H,8-9,11,21-24H2,1-5H3,(H,36,40)(H,37,41). The molecule has 0 radical (unpaired) electrons. The van der Waals surface area contributed by atoms with E-state index in [2.05, 4.69) is 10.6 Å². The van der Waals surface area contributed by atoms with Crippen LogP contribution in [0.3, 0.4) is 0 Å². The summed E-state index contributed by atoms with van der Waals surface area (Å²) < 4.78 is 43.8. The molecule has 256 valence electrons. The summed E-state index contributed by atoms with van der Waals surface area (Å²) in [6.07, 6.45) is 0.985. The maximum absolute atomic E-state index is 13.6. The Balaban J connectivity index is 1.65. The fourth-order valence-corrected chi connectivity index (χ4v) is 7.04. The Hall–Kier alpha value is -4.13. The quantitative estimate of drug-likeness (QED) is 0.166. The number of carbonyl (C=O) groups is 2. The third kappa shape index (κ3) is 10.7. The molecule has 0 fully saturated rings. The number of nitrogens with zero attached hydrogens (tertiary/aromatic N) is 1. The highest BCUT2D eigenvalue weighted by molar-refractivity contribution is 7.89. The Labute approximate surface area is 278 Å². The van der Waals surface area contributed by atoms with Gasteiger partial charge in [-0.15, -0.1) is 0 Å².